The molecule has 3 aromatic rings. The molecular formula is C11H7N3O2. The molecule has 0 unspecified atom stereocenters. The summed E-state index contributed by atoms with van der Waals surface area (Å²) >= 11 is 0. The summed E-state index contributed by atoms with van der Waals surface area (Å²) < 4.78 is 5.10. The number of para-hydroxylation sites is 1. The molecule has 1 N–H and O–H groups in total. The number of hydrogen-bond donors (Lipinski definition) is 1. The lowest BCUT2D eigenvalue weighted by molar-refractivity contribution is 0.516. The van der Waals surface area contributed by atoms with E-state index in [4.69, 9.17) is 4.42 Å². The molecule has 0 amide bonds. The van der Waals surface area contributed by atoms with Crippen LogP contribution in [0.5, 0.6) is 0 Å². The number of nitrogens with one attached hydrogen (secondary N) is 1. The van der Waals surface area contributed by atoms with E-state index in [0.717, 1.165) is 0 Å². The molecule has 5 heteroatoms. The number of aromatic nitrogens is 3. The van der Waals surface area contributed by atoms with E-state index < -0.39 is 5.63 Å². The van der Waals surface area contributed by atoms with Crippen molar-refractivity contribution in [2.75, 3.05) is 0 Å². The van der Waals surface area contributed by atoms with Gasteiger partial charge in [-0.3, -0.25) is 5.10 Å². The first-order chi connectivity index (χ1) is 7.84. The predicted octanol–water partition coefficient (Wildman–Crippen LogP) is 1.58. The molecule has 0 atom stereocenters. The smallest absolute Gasteiger partial charge is 0.347 e. The standard InChI is InChI=1S/C11H7N3O2/c15-11-7-3-1-2-4-8(7)13-10(16-11)9-5-6-12-14-9/h1-6H,(H,12,14). The van der Waals surface area contributed by atoms with Crippen LogP contribution in [-0.4, -0.2) is 15.2 Å². The SMILES string of the molecule is O=c1oc(-c2ccn[nH]2)nc2ccccc12. The summed E-state index contributed by atoms with van der Waals surface area (Å²) in [5, 5.41) is 6.96. The van der Waals surface area contributed by atoms with E-state index in [1.807, 2.05) is 6.07 Å². The van der Waals surface area contributed by atoms with Crippen LogP contribution < -0.4 is 5.63 Å². The largest absolute Gasteiger partial charge is 0.401 e. The molecule has 16 heavy (non-hydrogen) atoms. The Bertz CT molecular complexity index is 686. The maximum Gasteiger partial charge on any atom is 0.347 e. The normalized spacial score (nSPS) is 10.8. The molecule has 0 saturated carbocycles. The average molecular weight is 213 g/mol. The number of aromatic amines is 1. The van der Waals surface area contributed by atoms with Crippen LogP contribution in [0.2, 0.25) is 0 Å². The molecule has 2 aromatic heterocycles. The van der Waals surface area contributed by atoms with Gasteiger partial charge in [0.05, 0.1) is 10.9 Å². The van der Waals surface area contributed by atoms with Crippen LogP contribution in [0.4, 0.5) is 0 Å². The second kappa shape index (κ2) is 3.30. The maximum absolute atomic E-state index is 11.7. The fourth-order valence-corrected chi connectivity index (χ4v) is 1.51. The van der Waals surface area contributed by atoms with Crippen LogP contribution in [0.1, 0.15) is 0 Å². The van der Waals surface area contributed by atoms with Crippen molar-refractivity contribution < 1.29 is 4.42 Å². The summed E-state index contributed by atoms with van der Waals surface area (Å²) in [5.41, 5.74) is 0.807. The average Bonchev–Trinajstić information content (AvgIpc) is 2.82. The molecule has 0 aliphatic rings. The number of fused-ring (bicyclic) bond motifs is 1. The fourth-order valence-electron chi connectivity index (χ4n) is 1.51. The third kappa shape index (κ3) is 1.30. The Morgan fingerprint density at radius 1 is 1.19 bits per heavy atom. The van der Waals surface area contributed by atoms with Gasteiger partial charge in [-0.05, 0) is 18.2 Å². The lowest BCUT2D eigenvalue weighted by Crippen LogP contribution is -2.02. The van der Waals surface area contributed by atoms with Gasteiger partial charge in [-0.1, -0.05) is 12.1 Å². The molecule has 0 fully saturated rings. The van der Waals surface area contributed by atoms with Crippen LogP contribution in [-0.2, 0) is 0 Å². The Hall–Kier alpha value is -2.43. The Balaban J connectivity index is 2.34. The highest BCUT2D eigenvalue weighted by molar-refractivity contribution is 5.78. The van der Waals surface area contributed by atoms with Gasteiger partial charge in [0, 0.05) is 6.20 Å². The monoisotopic (exact) mass is 213 g/mol. The molecule has 0 aliphatic heterocycles. The van der Waals surface area contributed by atoms with Crippen molar-refractivity contribution >= 4 is 10.9 Å². The van der Waals surface area contributed by atoms with E-state index in [1.165, 1.54) is 0 Å². The van der Waals surface area contributed by atoms with Gasteiger partial charge in [0.15, 0.2) is 0 Å². The van der Waals surface area contributed by atoms with Crippen molar-refractivity contribution in [3.05, 3.63) is 46.9 Å². The Morgan fingerprint density at radius 2 is 2.06 bits per heavy atom. The molecule has 0 bridgehead atoms. The molecule has 5 nitrogen and oxygen atoms in total. The molecule has 0 aliphatic carbocycles. The number of H-pyrrole nitrogens is 1. The highest BCUT2D eigenvalue weighted by Gasteiger charge is 2.08. The molecule has 0 spiro atoms. The zero-order chi connectivity index (χ0) is 11.0. The highest BCUT2D eigenvalue weighted by atomic mass is 16.4. The van der Waals surface area contributed by atoms with Crippen molar-refractivity contribution in [1.29, 1.82) is 0 Å². The Labute approximate surface area is 89.8 Å². The van der Waals surface area contributed by atoms with Gasteiger partial charge in [0.25, 0.3) is 0 Å². The topological polar surface area (TPSA) is 71.8 Å². The van der Waals surface area contributed by atoms with Gasteiger partial charge in [-0.15, -0.1) is 0 Å². The van der Waals surface area contributed by atoms with Crippen molar-refractivity contribution in [1.82, 2.24) is 15.2 Å². The zero-order valence-electron chi connectivity index (χ0n) is 8.18. The van der Waals surface area contributed by atoms with E-state index in [9.17, 15) is 4.79 Å². The molecule has 3 rings (SSSR count). The Morgan fingerprint density at radius 3 is 2.88 bits per heavy atom. The number of benzene rings is 1. The minimum Gasteiger partial charge on any atom is -0.401 e. The summed E-state index contributed by atoms with van der Waals surface area (Å²) in [7, 11) is 0. The van der Waals surface area contributed by atoms with Gasteiger partial charge >= 0.3 is 5.63 Å². The number of hydrogen-bond acceptors (Lipinski definition) is 4. The minimum absolute atomic E-state index is 0.251. The van der Waals surface area contributed by atoms with E-state index in [0.29, 0.717) is 16.6 Å². The van der Waals surface area contributed by atoms with Crippen molar-refractivity contribution in [3.8, 4) is 11.6 Å². The Kier molecular flexibility index (Phi) is 1.83. The van der Waals surface area contributed by atoms with E-state index in [1.54, 1.807) is 30.5 Å². The van der Waals surface area contributed by atoms with E-state index in [-0.39, 0.29) is 5.89 Å². The van der Waals surface area contributed by atoms with Crippen molar-refractivity contribution in [3.63, 3.8) is 0 Å². The second-order valence-electron chi connectivity index (χ2n) is 3.29. The van der Waals surface area contributed by atoms with E-state index in [2.05, 4.69) is 15.2 Å². The van der Waals surface area contributed by atoms with Crippen LogP contribution in [0, 0.1) is 0 Å². The van der Waals surface area contributed by atoms with E-state index >= 15 is 0 Å². The minimum atomic E-state index is -0.393. The second-order valence-corrected chi connectivity index (χ2v) is 3.29. The van der Waals surface area contributed by atoms with Crippen molar-refractivity contribution in [2.24, 2.45) is 0 Å². The molecule has 0 radical (unpaired) electrons. The lowest BCUT2D eigenvalue weighted by atomic mass is 10.2. The van der Waals surface area contributed by atoms with Crippen LogP contribution in [0.25, 0.3) is 22.5 Å². The predicted molar refractivity (Wildman–Crippen MR) is 57.9 cm³/mol. The summed E-state index contributed by atoms with van der Waals surface area (Å²) in [6, 6.07) is 8.75. The number of nitrogens with zero attached hydrogens (tertiary/aromatic N) is 2. The van der Waals surface area contributed by atoms with Crippen LogP contribution in [0.3, 0.4) is 0 Å². The maximum atomic E-state index is 11.7. The summed E-state index contributed by atoms with van der Waals surface area (Å²) in [6.45, 7) is 0. The molecule has 1 aromatic carbocycles. The van der Waals surface area contributed by atoms with Gasteiger partial charge in [0.1, 0.15) is 5.69 Å². The molecular weight excluding hydrogens is 206 g/mol. The summed E-state index contributed by atoms with van der Waals surface area (Å²) in [6.07, 6.45) is 1.58. The van der Waals surface area contributed by atoms with Gasteiger partial charge in [-0.25, -0.2) is 9.78 Å². The van der Waals surface area contributed by atoms with Crippen LogP contribution >= 0.6 is 0 Å². The van der Waals surface area contributed by atoms with Gasteiger partial charge < -0.3 is 4.42 Å². The third-order valence-corrected chi connectivity index (χ3v) is 2.27. The molecule has 78 valence electrons. The molecule has 2 heterocycles. The first-order valence-electron chi connectivity index (χ1n) is 4.74. The first-order valence-corrected chi connectivity index (χ1v) is 4.74. The summed E-state index contributed by atoms with van der Waals surface area (Å²) in [4.78, 5) is 15.9. The van der Waals surface area contributed by atoms with Gasteiger partial charge in [-0.2, -0.15) is 5.10 Å². The lowest BCUT2D eigenvalue weighted by Gasteiger charge is -1.97. The van der Waals surface area contributed by atoms with Gasteiger partial charge in [0.2, 0.25) is 5.89 Å². The fraction of sp³-hybridized carbons (Fsp3) is 0. The summed E-state index contributed by atoms with van der Waals surface area (Å²) in [5.74, 6) is 0.251. The van der Waals surface area contributed by atoms with Crippen LogP contribution in [0.15, 0.2) is 45.7 Å². The first kappa shape index (κ1) is 8.84. The quantitative estimate of drug-likeness (QED) is 0.666. The third-order valence-electron chi connectivity index (χ3n) is 2.27. The number of rotatable bonds is 1. The highest BCUT2D eigenvalue weighted by Crippen LogP contribution is 2.15. The van der Waals surface area contributed by atoms with Crippen molar-refractivity contribution in [2.45, 2.75) is 0 Å². The zero-order valence-corrected chi connectivity index (χ0v) is 8.18. The molecule has 0 saturated heterocycles.